The van der Waals surface area contributed by atoms with Crippen molar-refractivity contribution in [3.05, 3.63) is 23.4 Å². The number of rotatable bonds is 4. The van der Waals surface area contributed by atoms with Crippen LogP contribution >= 0.6 is 0 Å². The van der Waals surface area contributed by atoms with Gasteiger partial charge in [-0.2, -0.15) is 9.40 Å². The second kappa shape index (κ2) is 5.90. The molecule has 6 nitrogen and oxygen atoms in total. The molecule has 0 radical (unpaired) electrons. The van der Waals surface area contributed by atoms with Crippen LogP contribution in [0.25, 0.3) is 0 Å². The van der Waals surface area contributed by atoms with E-state index in [0.717, 1.165) is 6.42 Å². The molecule has 1 aliphatic rings. The first-order valence-electron chi connectivity index (χ1n) is 7.13. The summed E-state index contributed by atoms with van der Waals surface area (Å²) in [5.41, 5.74) is 2.08. The number of hydrogen-bond donors (Lipinski definition) is 2. The first-order chi connectivity index (χ1) is 9.76. The fourth-order valence-corrected chi connectivity index (χ4v) is 4.00. The second-order valence-corrected chi connectivity index (χ2v) is 8.22. The molecule has 0 unspecified atom stereocenters. The molecule has 0 bridgehead atoms. The monoisotopic (exact) mass is 312 g/mol. The van der Waals surface area contributed by atoms with Gasteiger partial charge in [0.15, 0.2) is 5.03 Å². The number of sulfonamides is 1. The maximum Gasteiger partial charge on any atom is 0.260 e. The highest BCUT2D eigenvalue weighted by Crippen LogP contribution is 2.31. The van der Waals surface area contributed by atoms with Crippen LogP contribution in [-0.2, 0) is 16.6 Å². The van der Waals surface area contributed by atoms with Crippen molar-refractivity contribution in [2.75, 3.05) is 20.1 Å². The molecular weight excluding hydrogens is 288 g/mol. The van der Waals surface area contributed by atoms with Crippen LogP contribution in [0.3, 0.4) is 0 Å². The van der Waals surface area contributed by atoms with Gasteiger partial charge >= 0.3 is 0 Å². The van der Waals surface area contributed by atoms with Gasteiger partial charge in [-0.1, -0.05) is 32.4 Å². The van der Waals surface area contributed by atoms with Gasteiger partial charge in [-0.25, -0.2) is 8.42 Å². The van der Waals surface area contributed by atoms with E-state index in [9.17, 15) is 8.42 Å². The smallest absolute Gasteiger partial charge is 0.260 e. The van der Waals surface area contributed by atoms with Crippen LogP contribution in [0.4, 0.5) is 0 Å². The predicted octanol–water partition coefficient (Wildman–Crippen LogP) is 1.50. The number of hydrogen-bond acceptors (Lipinski definition) is 4. The summed E-state index contributed by atoms with van der Waals surface area (Å²) < 4.78 is 26.9. The molecule has 1 aromatic heterocycles. The Morgan fingerprint density at radius 1 is 1.43 bits per heavy atom. The lowest BCUT2D eigenvalue weighted by atomic mass is 9.83. The van der Waals surface area contributed by atoms with E-state index in [1.807, 2.05) is 6.08 Å². The van der Waals surface area contributed by atoms with Crippen LogP contribution in [-0.4, -0.2) is 43.1 Å². The maximum atomic E-state index is 12.7. The molecule has 21 heavy (non-hydrogen) atoms. The zero-order chi connectivity index (χ0) is 15.7. The van der Waals surface area contributed by atoms with E-state index in [-0.39, 0.29) is 10.4 Å². The van der Waals surface area contributed by atoms with Crippen molar-refractivity contribution in [1.29, 1.82) is 0 Å². The van der Waals surface area contributed by atoms with Crippen molar-refractivity contribution in [1.82, 2.24) is 19.8 Å². The fourth-order valence-electron chi connectivity index (χ4n) is 2.52. The SMILES string of the molecule is CNCc1cn[nH]c1S(=O)(=O)N1CC=C(C(C)(C)C)CC1. The van der Waals surface area contributed by atoms with E-state index in [0.29, 0.717) is 25.2 Å². The molecule has 0 amide bonds. The van der Waals surface area contributed by atoms with Crippen LogP contribution in [0.1, 0.15) is 32.8 Å². The lowest BCUT2D eigenvalue weighted by Crippen LogP contribution is -2.37. The van der Waals surface area contributed by atoms with E-state index < -0.39 is 10.0 Å². The zero-order valence-electron chi connectivity index (χ0n) is 13.1. The average Bonchev–Trinajstić information content (AvgIpc) is 2.87. The van der Waals surface area contributed by atoms with Crippen LogP contribution in [0, 0.1) is 5.41 Å². The number of aromatic amines is 1. The lowest BCUT2D eigenvalue weighted by Gasteiger charge is -2.31. The number of nitrogens with one attached hydrogen (secondary N) is 2. The first kappa shape index (κ1) is 16.2. The van der Waals surface area contributed by atoms with Gasteiger partial charge in [0.05, 0.1) is 6.20 Å². The lowest BCUT2D eigenvalue weighted by molar-refractivity contribution is 0.388. The third-order valence-corrected chi connectivity index (χ3v) is 5.66. The zero-order valence-corrected chi connectivity index (χ0v) is 13.9. The molecule has 2 N–H and O–H groups in total. The summed E-state index contributed by atoms with van der Waals surface area (Å²) in [6, 6.07) is 0. The Morgan fingerprint density at radius 3 is 2.67 bits per heavy atom. The topological polar surface area (TPSA) is 78.1 Å². The first-order valence-corrected chi connectivity index (χ1v) is 8.57. The second-order valence-electron chi connectivity index (χ2n) is 6.35. The summed E-state index contributed by atoms with van der Waals surface area (Å²) in [6.07, 6.45) is 4.37. The normalized spacial score (nSPS) is 17.8. The summed E-state index contributed by atoms with van der Waals surface area (Å²) in [4.78, 5) is 0. The van der Waals surface area contributed by atoms with Crippen molar-refractivity contribution in [2.45, 2.75) is 38.8 Å². The van der Waals surface area contributed by atoms with Gasteiger partial charge in [0, 0.05) is 25.2 Å². The molecule has 0 atom stereocenters. The van der Waals surface area contributed by atoms with Gasteiger partial charge in [0.1, 0.15) is 0 Å². The maximum absolute atomic E-state index is 12.7. The molecular formula is C14H24N4O2S. The van der Waals surface area contributed by atoms with Crippen LogP contribution < -0.4 is 5.32 Å². The van der Waals surface area contributed by atoms with E-state index in [1.54, 1.807) is 13.2 Å². The van der Waals surface area contributed by atoms with E-state index in [1.165, 1.54) is 9.88 Å². The van der Waals surface area contributed by atoms with E-state index in [4.69, 9.17) is 0 Å². The molecule has 1 aromatic rings. The van der Waals surface area contributed by atoms with Gasteiger partial charge in [-0.05, 0) is 18.9 Å². The summed E-state index contributed by atoms with van der Waals surface area (Å²) in [6.45, 7) is 7.88. The van der Waals surface area contributed by atoms with Crippen molar-refractivity contribution >= 4 is 10.0 Å². The minimum absolute atomic E-state index is 0.0983. The van der Waals surface area contributed by atoms with Gasteiger partial charge in [-0.15, -0.1) is 0 Å². The third-order valence-electron chi connectivity index (χ3n) is 3.78. The van der Waals surface area contributed by atoms with Crippen molar-refractivity contribution in [3.63, 3.8) is 0 Å². The van der Waals surface area contributed by atoms with Gasteiger partial charge in [-0.3, -0.25) is 5.10 Å². The molecule has 1 aliphatic heterocycles. The molecule has 0 saturated carbocycles. The van der Waals surface area contributed by atoms with Gasteiger partial charge in [0.2, 0.25) is 0 Å². The molecule has 118 valence electrons. The molecule has 0 aromatic carbocycles. The van der Waals surface area contributed by atoms with E-state index >= 15 is 0 Å². The summed E-state index contributed by atoms with van der Waals surface area (Å²) in [5, 5.41) is 9.66. The molecule has 0 fully saturated rings. The van der Waals surface area contributed by atoms with Crippen LogP contribution in [0.5, 0.6) is 0 Å². The Hall–Kier alpha value is -1.18. The Labute approximate surface area is 126 Å². The largest absolute Gasteiger partial charge is 0.316 e. The number of nitrogens with zero attached hydrogens (tertiary/aromatic N) is 2. The Morgan fingerprint density at radius 2 is 2.14 bits per heavy atom. The summed E-state index contributed by atoms with van der Waals surface area (Å²) in [7, 11) is -1.73. The highest BCUT2D eigenvalue weighted by atomic mass is 32.2. The predicted molar refractivity (Wildman–Crippen MR) is 82.3 cm³/mol. The molecule has 0 spiro atoms. The minimum Gasteiger partial charge on any atom is -0.316 e. The highest BCUT2D eigenvalue weighted by Gasteiger charge is 2.31. The Balaban J connectivity index is 2.23. The molecule has 2 heterocycles. The molecule has 7 heteroatoms. The minimum atomic E-state index is -3.51. The van der Waals surface area contributed by atoms with Crippen LogP contribution in [0.2, 0.25) is 0 Å². The summed E-state index contributed by atoms with van der Waals surface area (Å²) in [5.74, 6) is 0. The standard InChI is InChI=1S/C14H24N4O2S/c1-14(2,3)12-5-7-18(8-6-12)21(19,20)13-11(9-15-4)10-16-17-13/h5,10,15H,6-9H2,1-4H3,(H,16,17). The third kappa shape index (κ3) is 3.36. The fraction of sp³-hybridized carbons (Fsp3) is 0.643. The quantitative estimate of drug-likeness (QED) is 0.826. The number of aromatic nitrogens is 2. The summed E-state index contributed by atoms with van der Waals surface area (Å²) >= 11 is 0. The Kier molecular flexibility index (Phi) is 4.55. The van der Waals surface area contributed by atoms with Gasteiger partial charge in [0.25, 0.3) is 10.0 Å². The van der Waals surface area contributed by atoms with Gasteiger partial charge < -0.3 is 5.32 Å². The Bertz CT molecular complexity index is 626. The van der Waals surface area contributed by atoms with Crippen molar-refractivity contribution < 1.29 is 8.42 Å². The highest BCUT2D eigenvalue weighted by molar-refractivity contribution is 7.89. The van der Waals surface area contributed by atoms with Crippen molar-refractivity contribution in [3.8, 4) is 0 Å². The molecule has 0 aliphatic carbocycles. The van der Waals surface area contributed by atoms with Crippen molar-refractivity contribution in [2.24, 2.45) is 5.41 Å². The van der Waals surface area contributed by atoms with E-state index in [2.05, 4.69) is 36.3 Å². The average molecular weight is 312 g/mol. The number of H-pyrrole nitrogens is 1. The molecule has 2 rings (SSSR count). The molecule has 0 saturated heterocycles. The van der Waals surface area contributed by atoms with Crippen LogP contribution in [0.15, 0.2) is 22.9 Å².